The van der Waals surface area contributed by atoms with E-state index in [1.165, 1.54) is 23.1 Å². The average Bonchev–Trinajstić information content (AvgIpc) is 2.88. The second-order valence-corrected chi connectivity index (χ2v) is 7.72. The highest BCUT2D eigenvalue weighted by atomic mass is 35.5. The van der Waals surface area contributed by atoms with Gasteiger partial charge in [-0.25, -0.2) is 4.98 Å². The number of anilines is 1. The Morgan fingerprint density at radius 1 is 1.50 bits per heavy atom. The predicted molar refractivity (Wildman–Crippen MR) is 98.4 cm³/mol. The van der Waals surface area contributed by atoms with Crippen molar-refractivity contribution in [3.8, 4) is 11.8 Å². The van der Waals surface area contributed by atoms with Gasteiger partial charge in [0.25, 0.3) is 5.91 Å². The van der Waals surface area contributed by atoms with Crippen LogP contribution >= 0.6 is 46.3 Å². The summed E-state index contributed by atoms with van der Waals surface area (Å²) < 4.78 is 6.47. The summed E-state index contributed by atoms with van der Waals surface area (Å²) in [6, 6.07) is 6.86. The van der Waals surface area contributed by atoms with Crippen LogP contribution in [0, 0.1) is 18.3 Å². The molecule has 1 unspecified atom stereocenters. The number of hydrogen-bond acceptors (Lipinski definition) is 6. The van der Waals surface area contributed by atoms with Crippen molar-refractivity contribution >= 4 is 57.3 Å². The number of thioether (sulfide) groups is 1. The Kier molecular flexibility index (Phi) is 6.75. The number of carbonyl (C=O) groups excluding carboxylic acids is 1. The Balaban J connectivity index is 1.98. The van der Waals surface area contributed by atoms with Crippen LogP contribution in [0.1, 0.15) is 12.6 Å². The molecule has 1 atom stereocenters. The zero-order valence-corrected chi connectivity index (χ0v) is 15.9. The van der Waals surface area contributed by atoms with Gasteiger partial charge in [0.1, 0.15) is 5.75 Å². The third kappa shape index (κ3) is 5.02. The number of benzene rings is 1. The Morgan fingerprint density at radius 2 is 2.25 bits per heavy atom. The number of hydrogen-bond donors (Lipinski definition) is 1. The average molecular weight is 402 g/mol. The van der Waals surface area contributed by atoms with Crippen molar-refractivity contribution in [3.05, 3.63) is 33.9 Å². The Labute approximate surface area is 157 Å². The summed E-state index contributed by atoms with van der Waals surface area (Å²) in [6.07, 6.45) is -0.735. The van der Waals surface area contributed by atoms with Crippen molar-refractivity contribution in [2.45, 2.75) is 24.2 Å². The molecule has 0 fully saturated rings. The maximum atomic E-state index is 12.2. The fourth-order valence-electron chi connectivity index (χ4n) is 1.68. The Bertz CT molecular complexity index is 790. The molecule has 0 aliphatic rings. The molecule has 0 spiro atoms. The van der Waals surface area contributed by atoms with E-state index in [0.29, 0.717) is 26.7 Å². The minimum Gasteiger partial charge on any atom is -0.481 e. The summed E-state index contributed by atoms with van der Waals surface area (Å²) in [6.45, 7) is 3.46. The van der Waals surface area contributed by atoms with Gasteiger partial charge in [-0.1, -0.05) is 46.3 Å². The fourth-order valence-corrected chi connectivity index (χ4v) is 3.77. The van der Waals surface area contributed by atoms with Crippen LogP contribution in [0.2, 0.25) is 10.0 Å². The van der Waals surface area contributed by atoms with Crippen molar-refractivity contribution in [1.29, 1.82) is 5.26 Å². The number of carbonyl (C=O) groups is 1. The molecular formula is C15H13Cl2N3O2S2. The fraction of sp³-hybridized carbons (Fsp3) is 0.267. The molecule has 1 aromatic heterocycles. The first-order chi connectivity index (χ1) is 11.4. The second-order valence-electron chi connectivity index (χ2n) is 4.66. The molecule has 0 saturated heterocycles. The van der Waals surface area contributed by atoms with Crippen molar-refractivity contribution in [3.63, 3.8) is 0 Å². The molecule has 0 saturated carbocycles. The lowest BCUT2D eigenvalue weighted by Gasteiger charge is -2.14. The van der Waals surface area contributed by atoms with Crippen LogP contribution in [0.25, 0.3) is 0 Å². The van der Waals surface area contributed by atoms with E-state index in [2.05, 4.69) is 16.4 Å². The number of nitrogens with zero attached hydrogens (tertiary/aromatic N) is 2. The van der Waals surface area contributed by atoms with Crippen molar-refractivity contribution < 1.29 is 9.53 Å². The van der Waals surface area contributed by atoms with Crippen LogP contribution in [0.3, 0.4) is 0 Å². The number of ether oxygens (including phenoxy) is 1. The second kappa shape index (κ2) is 8.58. The number of halogens is 2. The molecule has 0 bridgehead atoms. The van der Waals surface area contributed by atoms with Gasteiger partial charge in [0.15, 0.2) is 11.2 Å². The molecular weight excluding hydrogens is 389 g/mol. The maximum absolute atomic E-state index is 12.2. The van der Waals surface area contributed by atoms with Gasteiger partial charge in [0, 0.05) is 6.07 Å². The summed E-state index contributed by atoms with van der Waals surface area (Å²) in [4.78, 5) is 16.5. The summed E-state index contributed by atoms with van der Waals surface area (Å²) >= 11 is 14.5. The van der Waals surface area contributed by atoms with Crippen LogP contribution in [-0.4, -0.2) is 22.7 Å². The molecule has 1 heterocycles. The SMILES string of the molecule is Cc1nc(NC(=O)C(C)Oc2ccc(Cl)c(Cl)c2)sc1SCC#N. The van der Waals surface area contributed by atoms with Gasteiger partial charge in [-0.05, 0) is 26.0 Å². The quantitative estimate of drug-likeness (QED) is 0.704. The van der Waals surface area contributed by atoms with E-state index in [4.69, 9.17) is 33.2 Å². The van der Waals surface area contributed by atoms with E-state index in [0.717, 1.165) is 9.90 Å². The van der Waals surface area contributed by atoms with E-state index in [9.17, 15) is 4.79 Å². The Hall–Kier alpha value is -1.46. The molecule has 9 heteroatoms. The predicted octanol–water partition coefficient (Wildman–Crippen LogP) is 4.78. The zero-order valence-electron chi connectivity index (χ0n) is 12.8. The number of aromatic nitrogens is 1. The van der Waals surface area contributed by atoms with Crippen molar-refractivity contribution in [2.75, 3.05) is 11.1 Å². The van der Waals surface area contributed by atoms with Gasteiger partial charge < -0.3 is 4.74 Å². The van der Waals surface area contributed by atoms with Crippen LogP contribution in [0.4, 0.5) is 5.13 Å². The van der Waals surface area contributed by atoms with E-state index in [1.807, 2.05) is 6.92 Å². The van der Waals surface area contributed by atoms with Crippen LogP contribution in [-0.2, 0) is 4.79 Å². The highest BCUT2D eigenvalue weighted by Crippen LogP contribution is 2.32. The number of aryl methyl sites for hydroxylation is 1. The van der Waals surface area contributed by atoms with Gasteiger partial charge in [0.05, 0.1) is 31.8 Å². The third-order valence-corrected chi connectivity index (χ3v) is 5.87. The van der Waals surface area contributed by atoms with Crippen LogP contribution < -0.4 is 10.1 Å². The standard InChI is InChI=1S/C15H13Cl2N3O2S2/c1-8-14(23-6-5-18)24-15(19-8)20-13(21)9(2)22-10-3-4-11(16)12(17)7-10/h3-4,7,9H,6H2,1-2H3,(H,19,20,21). The number of thiazole rings is 1. The highest BCUT2D eigenvalue weighted by molar-refractivity contribution is 8.01. The first-order valence-corrected chi connectivity index (χ1v) is 9.36. The van der Waals surface area contributed by atoms with Gasteiger partial charge in [-0.3, -0.25) is 10.1 Å². The van der Waals surface area contributed by atoms with Gasteiger partial charge in [-0.2, -0.15) is 5.26 Å². The summed E-state index contributed by atoms with van der Waals surface area (Å²) in [5.74, 6) is 0.465. The lowest BCUT2D eigenvalue weighted by molar-refractivity contribution is -0.122. The molecule has 2 rings (SSSR count). The molecule has 5 nitrogen and oxygen atoms in total. The molecule has 126 valence electrons. The maximum Gasteiger partial charge on any atom is 0.266 e. The lowest BCUT2D eigenvalue weighted by Crippen LogP contribution is -2.30. The first kappa shape index (κ1) is 18.9. The minimum atomic E-state index is -0.735. The molecule has 0 aliphatic heterocycles. The lowest BCUT2D eigenvalue weighted by atomic mass is 10.3. The zero-order chi connectivity index (χ0) is 17.7. The summed E-state index contributed by atoms with van der Waals surface area (Å²) in [5.41, 5.74) is 0.786. The molecule has 0 radical (unpaired) electrons. The van der Waals surface area contributed by atoms with E-state index >= 15 is 0 Å². The number of nitrogens with one attached hydrogen (secondary N) is 1. The number of nitriles is 1. The first-order valence-electron chi connectivity index (χ1n) is 6.80. The number of rotatable bonds is 6. The Morgan fingerprint density at radius 3 is 2.92 bits per heavy atom. The largest absolute Gasteiger partial charge is 0.481 e. The van der Waals surface area contributed by atoms with Crippen LogP contribution in [0.15, 0.2) is 22.4 Å². The smallest absolute Gasteiger partial charge is 0.266 e. The molecule has 1 N–H and O–H groups in total. The van der Waals surface area contributed by atoms with Crippen LogP contribution in [0.5, 0.6) is 5.75 Å². The van der Waals surface area contributed by atoms with Gasteiger partial charge >= 0.3 is 0 Å². The third-order valence-electron chi connectivity index (χ3n) is 2.83. The highest BCUT2D eigenvalue weighted by Gasteiger charge is 2.18. The van der Waals surface area contributed by atoms with Crippen molar-refractivity contribution in [1.82, 2.24) is 4.98 Å². The minimum absolute atomic E-state index is 0.327. The van der Waals surface area contributed by atoms with E-state index < -0.39 is 6.10 Å². The van der Waals surface area contributed by atoms with Crippen molar-refractivity contribution in [2.24, 2.45) is 0 Å². The van der Waals surface area contributed by atoms with E-state index in [1.54, 1.807) is 25.1 Å². The van der Waals surface area contributed by atoms with E-state index in [-0.39, 0.29) is 5.91 Å². The van der Waals surface area contributed by atoms with Gasteiger partial charge in [0.2, 0.25) is 0 Å². The molecule has 1 aromatic carbocycles. The topological polar surface area (TPSA) is 75.0 Å². The summed E-state index contributed by atoms with van der Waals surface area (Å²) in [7, 11) is 0. The number of amides is 1. The molecule has 2 aromatic rings. The monoisotopic (exact) mass is 401 g/mol. The summed E-state index contributed by atoms with van der Waals surface area (Å²) in [5, 5.41) is 12.6. The van der Waals surface area contributed by atoms with Gasteiger partial charge in [-0.15, -0.1) is 0 Å². The molecule has 0 aliphatic carbocycles. The molecule has 24 heavy (non-hydrogen) atoms. The molecule has 1 amide bonds. The normalized spacial score (nSPS) is 11.6.